The maximum atomic E-state index is 12.8. The number of amides is 2. The molecule has 0 aromatic heterocycles. The Labute approximate surface area is 130 Å². The van der Waals surface area contributed by atoms with Crippen molar-refractivity contribution in [1.29, 1.82) is 0 Å². The van der Waals surface area contributed by atoms with Gasteiger partial charge < -0.3 is 9.47 Å². The van der Waals surface area contributed by atoms with Gasteiger partial charge in [-0.2, -0.15) is 0 Å². The molecule has 2 unspecified atom stereocenters. The highest BCUT2D eigenvalue weighted by Crippen LogP contribution is 2.38. The molecule has 0 spiro atoms. The van der Waals surface area contributed by atoms with Crippen LogP contribution in [0.15, 0.2) is 18.2 Å². The van der Waals surface area contributed by atoms with Crippen LogP contribution in [-0.2, 0) is 4.79 Å². The molecule has 2 aliphatic rings. The van der Waals surface area contributed by atoms with Gasteiger partial charge in [0.15, 0.2) is 0 Å². The van der Waals surface area contributed by atoms with Crippen LogP contribution in [0, 0.1) is 5.92 Å². The van der Waals surface area contributed by atoms with Crippen molar-refractivity contribution in [2.45, 2.75) is 38.1 Å². The Morgan fingerprint density at radius 1 is 1.09 bits per heavy atom. The maximum absolute atomic E-state index is 12.8. The lowest BCUT2D eigenvalue weighted by atomic mass is 9.85. The van der Waals surface area contributed by atoms with Gasteiger partial charge in [0, 0.05) is 24.1 Å². The number of carbonyl (C=O) groups is 2. The predicted molar refractivity (Wildman–Crippen MR) is 81.1 cm³/mol. The van der Waals surface area contributed by atoms with Gasteiger partial charge in [0.2, 0.25) is 5.91 Å². The molecule has 1 aromatic rings. The lowest BCUT2D eigenvalue weighted by Crippen LogP contribution is -2.41. The van der Waals surface area contributed by atoms with E-state index < -0.39 is 0 Å². The molecule has 22 heavy (non-hydrogen) atoms. The highest BCUT2D eigenvalue weighted by atomic mass is 16.5. The normalized spacial score (nSPS) is 24.1. The molecule has 3 rings (SSSR count). The van der Waals surface area contributed by atoms with Crippen molar-refractivity contribution in [3.05, 3.63) is 23.8 Å². The summed E-state index contributed by atoms with van der Waals surface area (Å²) in [7, 11) is 3.09. The molecular weight excluding hydrogens is 282 g/mol. The van der Waals surface area contributed by atoms with Gasteiger partial charge in [-0.15, -0.1) is 0 Å². The second kappa shape index (κ2) is 5.99. The zero-order chi connectivity index (χ0) is 15.7. The van der Waals surface area contributed by atoms with Crippen molar-refractivity contribution in [2.24, 2.45) is 5.92 Å². The second-order valence-electron chi connectivity index (χ2n) is 5.99. The van der Waals surface area contributed by atoms with Crippen molar-refractivity contribution >= 4 is 11.8 Å². The average Bonchev–Trinajstić information content (AvgIpc) is 2.89. The largest absolute Gasteiger partial charge is 0.497 e. The van der Waals surface area contributed by atoms with Gasteiger partial charge in [-0.1, -0.05) is 12.8 Å². The zero-order valence-electron chi connectivity index (χ0n) is 13.0. The van der Waals surface area contributed by atoms with Crippen LogP contribution < -0.4 is 9.47 Å². The molecule has 0 bridgehead atoms. The third kappa shape index (κ3) is 2.56. The maximum Gasteiger partial charge on any atom is 0.261 e. The summed E-state index contributed by atoms with van der Waals surface area (Å²) >= 11 is 0. The SMILES string of the molecule is COc1cc(OC)cc(C(=O)N2C(=O)CC3CCCCC32)c1. The first-order valence-corrected chi connectivity index (χ1v) is 7.73. The number of likely N-dealkylation sites (tertiary alicyclic amines) is 1. The number of carbonyl (C=O) groups excluding carboxylic acids is 2. The van der Waals surface area contributed by atoms with E-state index >= 15 is 0 Å². The Kier molecular flexibility index (Phi) is 4.05. The van der Waals surface area contributed by atoms with Crippen molar-refractivity contribution < 1.29 is 19.1 Å². The first-order valence-electron chi connectivity index (χ1n) is 7.73. The van der Waals surface area contributed by atoms with Crippen LogP contribution in [0.5, 0.6) is 11.5 Å². The summed E-state index contributed by atoms with van der Waals surface area (Å²) in [6, 6.07) is 5.10. The standard InChI is InChI=1S/C17H21NO4/c1-21-13-7-12(8-14(10-13)22-2)17(20)18-15-6-4-3-5-11(15)9-16(18)19/h7-8,10-11,15H,3-6,9H2,1-2H3. The molecule has 1 saturated carbocycles. The number of methoxy groups -OCH3 is 2. The summed E-state index contributed by atoms with van der Waals surface area (Å²) in [5.41, 5.74) is 0.441. The van der Waals surface area contributed by atoms with E-state index in [4.69, 9.17) is 9.47 Å². The van der Waals surface area contributed by atoms with Crippen molar-refractivity contribution in [1.82, 2.24) is 4.90 Å². The van der Waals surface area contributed by atoms with Crippen LogP contribution in [0.2, 0.25) is 0 Å². The minimum atomic E-state index is -0.239. The Morgan fingerprint density at radius 3 is 2.36 bits per heavy atom. The Balaban J connectivity index is 1.91. The van der Waals surface area contributed by atoms with E-state index in [1.165, 1.54) is 4.90 Å². The first-order chi connectivity index (χ1) is 10.6. The van der Waals surface area contributed by atoms with E-state index in [2.05, 4.69) is 0 Å². The molecule has 1 heterocycles. The molecule has 1 aliphatic heterocycles. The van der Waals surface area contributed by atoms with E-state index in [0.717, 1.165) is 25.7 Å². The zero-order valence-corrected chi connectivity index (χ0v) is 13.0. The lowest BCUT2D eigenvalue weighted by molar-refractivity contribution is -0.126. The van der Waals surface area contributed by atoms with E-state index in [9.17, 15) is 9.59 Å². The summed E-state index contributed by atoms with van der Waals surface area (Å²) in [5, 5.41) is 0. The van der Waals surface area contributed by atoms with E-state index in [0.29, 0.717) is 29.4 Å². The fraction of sp³-hybridized carbons (Fsp3) is 0.529. The van der Waals surface area contributed by atoms with E-state index in [1.807, 2.05) is 0 Å². The lowest BCUT2D eigenvalue weighted by Gasteiger charge is -2.30. The Morgan fingerprint density at radius 2 is 1.73 bits per heavy atom. The summed E-state index contributed by atoms with van der Waals surface area (Å²) in [4.78, 5) is 26.6. The van der Waals surface area contributed by atoms with Crippen LogP contribution in [0.25, 0.3) is 0 Å². The molecule has 1 saturated heterocycles. The van der Waals surface area contributed by atoms with Gasteiger partial charge in [-0.25, -0.2) is 0 Å². The Hall–Kier alpha value is -2.04. The molecule has 1 aliphatic carbocycles. The smallest absolute Gasteiger partial charge is 0.261 e. The number of imide groups is 1. The molecule has 5 nitrogen and oxygen atoms in total. The van der Waals surface area contributed by atoms with Crippen LogP contribution in [-0.4, -0.2) is 37.0 Å². The van der Waals surface area contributed by atoms with E-state index in [1.54, 1.807) is 32.4 Å². The van der Waals surface area contributed by atoms with Crippen LogP contribution in [0.3, 0.4) is 0 Å². The third-order valence-electron chi connectivity index (χ3n) is 4.72. The molecule has 2 amide bonds. The predicted octanol–water partition coefficient (Wildman–Crippen LogP) is 2.64. The molecule has 0 radical (unpaired) electrons. The number of nitrogens with zero attached hydrogens (tertiary/aromatic N) is 1. The molecule has 2 fully saturated rings. The monoisotopic (exact) mass is 303 g/mol. The highest BCUT2D eigenvalue weighted by Gasteiger charge is 2.44. The Bertz CT molecular complexity index is 576. The van der Waals surface area contributed by atoms with Gasteiger partial charge in [0.05, 0.1) is 14.2 Å². The van der Waals surface area contributed by atoms with Gasteiger partial charge in [-0.05, 0) is 30.9 Å². The third-order valence-corrected chi connectivity index (χ3v) is 4.72. The number of fused-ring (bicyclic) bond motifs is 1. The number of ether oxygens (including phenoxy) is 2. The number of hydrogen-bond donors (Lipinski definition) is 0. The minimum absolute atomic E-state index is 0.0521. The van der Waals surface area contributed by atoms with Crippen LogP contribution in [0.1, 0.15) is 42.5 Å². The van der Waals surface area contributed by atoms with Gasteiger partial charge in [-0.3, -0.25) is 14.5 Å². The summed E-state index contributed by atoms with van der Waals surface area (Å²) in [6.45, 7) is 0. The molecule has 1 aromatic carbocycles. The number of rotatable bonds is 3. The second-order valence-corrected chi connectivity index (χ2v) is 5.99. The molecular formula is C17H21NO4. The van der Waals surface area contributed by atoms with Crippen molar-refractivity contribution in [3.63, 3.8) is 0 Å². The van der Waals surface area contributed by atoms with Gasteiger partial charge in [0.25, 0.3) is 5.91 Å². The molecule has 0 N–H and O–H groups in total. The minimum Gasteiger partial charge on any atom is -0.497 e. The quantitative estimate of drug-likeness (QED) is 0.806. The van der Waals surface area contributed by atoms with E-state index in [-0.39, 0.29) is 17.9 Å². The van der Waals surface area contributed by atoms with Crippen molar-refractivity contribution in [2.75, 3.05) is 14.2 Å². The fourth-order valence-electron chi connectivity index (χ4n) is 3.61. The van der Waals surface area contributed by atoms with Gasteiger partial charge in [0.1, 0.15) is 11.5 Å². The van der Waals surface area contributed by atoms with Gasteiger partial charge >= 0.3 is 0 Å². The number of hydrogen-bond acceptors (Lipinski definition) is 4. The van der Waals surface area contributed by atoms with Crippen LogP contribution in [0.4, 0.5) is 0 Å². The fourth-order valence-corrected chi connectivity index (χ4v) is 3.61. The van der Waals surface area contributed by atoms with Crippen molar-refractivity contribution in [3.8, 4) is 11.5 Å². The molecule has 118 valence electrons. The topological polar surface area (TPSA) is 55.8 Å². The number of benzene rings is 1. The molecule has 5 heteroatoms. The summed E-state index contributed by atoms with van der Waals surface area (Å²) < 4.78 is 10.4. The summed E-state index contributed by atoms with van der Waals surface area (Å²) in [5.74, 6) is 1.14. The molecule has 2 atom stereocenters. The average molecular weight is 303 g/mol. The summed E-state index contributed by atoms with van der Waals surface area (Å²) in [6.07, 6.45) is 4.70. The highest BCUT2D eigenvalue weighted by molar-refractivity contribution is 6.06. The van der Waals surface area contributed by atoms with Crippen LogP contribution >= 0.6 is 0 Å². The first kappa shape index (κ1) is 14.9.